The third-order valence-electron chi connectivity index (χ3n) is 5.64. The summed E-state index contributed by atoms with van der Waals surface area (Å²) in [6.45, 7) is 4.79. The average Bonchev–Trinajstić information content (AvgIpc) is 3.29. The summed E-state index contributed by atoms with van der Waals surface area (Å²) < 4.78 is 7.19. The van der Waals surface area contributed by atoms with Crippen LogP contribution in [0, 0.1) is 0 Å². The van der Waals surface area contributed by atoms with E-state index in [-0.39, 0.29) is 5.91 Å². The van der Waals surface area contributed by atoms with E-state index < -0.39 is 0 Å². The fourth-order valence-corrected chi connectivity index (χ4v) is 4.44. The van der Waals surface area contributed by atoms with E-state index in [4.69, 9.17) is 27.9 Å². The van der Waals surface area contributed by atoms with Crippen LogP contribution in [-0.4, -0.2) is 68.6 Å². The van der Waals surface area contributed by atoms with E-state index in [9.17, 15) is 4.79 Å². The Labute approximate surface area is 205 Å². The van der Waals surface area contributed by atoms with Crippen molar-refractivity contribution in [3.8, 4) is 11.4 Å². The first-order chi connectivity index (χ1) is 16.5. The van der Waals surface area contributed by atoms with Gasteiger partial charge >= 0.3 is 0 Å². The molecular weight excluding hydrogens is 477 g/mol. The van der Waals surface area contributed by atoms with Gasteiger partial charge in [-0.3, -0.25) is 4.79 Å². The molecule has 0 spiro atoms. The van der Waals surface area contributed by atoms with Gasteiger partial charge in [-0.25, -0.2) is 9.97 Å². The second-order valence-corrected chi connectivity index (χ2v) is 8.54. The smallest absolute Gasteiger partial charge is 0.255 e. The highest BCUT2D eigenvalue weighted by Crippen LogP contribution is 2.26. The fourth-order valence-electron chi connectivity index (χ4n) is 3.95. The molecule has 0 N–H and O–H groups in total. The van der Waals surface area contributed by atoms with Crippen LogP contribution in [-0.2, 0) is 0 Å². The van der Waals surface area contributed by atoms with Gasteiger partial charge < -0.3 is 14.5 Å². The Morgan fingerprint density at radius 2 is 1.79 bits per heavy atom. The van der Waals surface area contributed by atoms with Crippen LogP contribution in [0.15, 0.2) is 48.8 Å². The van der Waals surface area contributed by atoms with Gasteiger partial charge in [-0.1, -0.05) is 28.4 Å². The SMILES string of the molecule is CCOc1ccc(-n2nnc3c(N4CCN(C(=O)c5ccc(Cl)cc5Cl)CC4)ncnc32)cc1. The summed E-state index contributed by atoms with van der Waals surface area (Å²) in [5.74, 6) is 1.37. The van der Waals surface area contributed by atoms with Crippen molar-refractivity contribution >= 4 is 46.1 Å². The highest BCUT2D eigenvalue weighted by atomic mass is 35.5. The van der Waals surface area contributed by atoms with Gasteiger partial charge in [0.1, 0.15) is 12.1 Å². The number of anilines is 1. The van der Waals surface area contributed by atoms with Crippen molar-refractivity contribution in [1.29, 1.82) is 0 Å². The van der Waals surface area contributed by atoms with E-state index >= 15 is 0 Å². The summed E-state index contributed by atoms with van der Waals surface area (Å²) in [6, 6.07) is 12.5. The van der Waals surface area contributed by atoms with Crippen molar-refractivity contribution < 1.29 is 9.53 Å². The number of carbonyl (C=O) groups is 1. The molecule has 1 saturated heterocycles. The molecule has 174 valence electrons. The summed E-state index contributed by atoms with van der Waals surface area (Å²) in [5, 5.41) is 9.51. The fraction of sp³-hybridized carbons (Fsp3) is 0.261. The molecule has 5 rings (SSSR count). The highest BCUT2D eigenvalue weighted by Gasteiger charge is 2.26. The number of fused-ring (bicyclic) bond motifs is 1. The van der Waals surface area contributed by atoms with Crippen molar-refractivity contribution in [2.45, 2.75) is 6.92 Å². The maximum Gasteiger partial charge on any atom is 0.255 e. The van der Waals surface area contributed by atoms with Crippen LogP contribution in [0.2, 0.25) is 10.0 Å². The van der Waals surface area contributed by atoms with E-state index in [0.29, 0.717) is 65.4 Å². The van der Waals surface area contributed by atoms with Gasteiger partial charge in [0.05, 0.1) is 22.9 Å². The number of rotatable bonds is 5. The summed E-state index contributed by atoms with van der Waals surface area (Å²) in [7, 11) is 0. The number of amides is 1. The predicted octanol–water partition coefficient (Wildman–Crippen LogP) is 3.88. The van der Waals surface area contributed by atoms with E-state index in [1.54, 1.807) is 27.8 Å². The molecule has 1 fully saturated rings. The predicted molar refractivity (Wildman–Crippen MR) is 130 cm³/mol. The van der Waals surface area contributed by atoms with E-state index in [0.717, 1.165) is 11.4 Å². The van der Waals surface area contributed by atoms with Gasteiger partial charge in [0.25, 0.3) is 5.91 Å². The largest absolute Gasteiger partial charge is 0.494 e. The van der Waals surface area contributed by atoms with Crippen LogP contribution in [0.4, 0.5) is 5.82 Å². The van der Waals surface area contributed by atoms with Crippen LogP contribution in [0.1, 0.15) is 17.3 Å². The summed E-state index contributed by atoms with van der Waals surface area (Å²) in [4.78, 5) is 25.7. The Kier molecular flexibility index (Phi) is 6.21. The van der Waals surface area contributed by atoms with Crippen molar-refractivity contribution in [2.75, 3.05) is 37.7 Å². The molecule has 0 unspecified atom stereocenters. The number of ether oxygens (including phenoxy) is 1. The molecule has 34 heavy (non-hydrogen) atoms. The molecule has 4 aromatic rings. The highest BCUT2D eigenvalue weighted by molar-refractivity contribution is 6.36. The molecule has 0 bridgehead atoms. The first-order valence-electron chi connectivity index (χ1n) is 10.8. The second-order valence-electron chi connectivity index (χ2n) is 7.70. The van der Waals surface area contributed by atoms with Gasteiger partial charge in [0.15, 0.2) is 17.0 Å². The zero-order valence-corrected chi connectivity index (χ0v) is 19.9. The molecule has 0 atom stereocenters. The van der Waals surface area contributed by atoms with Crippen LogP contribution in [0.3, 0.4) is 0 Å². The standard InChI is InChI=1S/C23H21Cl2N7O2/c1-2-34-17-6-4-16(5-7-17)32-22-20(28-29-32)21(26-14-27-22)30-9-11-31(12-10-30)23(33)18-8-3-15(24)13-19(18)25/h3-8,13-14H,2,9-12H2,1H3. The Balaban J connectivity index is 1.34. The molecule has 1 aliphatic heterocycles. The molecule has 0 saturated carbocycles. The van der Waals surface area contributed by atoms with E-state index in [1.807, 2.05) is 31.2 Å². The van der Waals surface area contributed by atoms with Gasteiger partial charge in [-0.2, -0.15) is 4.68 Å². The summed E-state index contributed by atoms with van der Waals surface area (Å²) >= 11 is 12.2. The van der Waals surface area contributed by atoms with Crippen molar-refractivity contribution in [3.05, 3.63) is 64.4 Å². The monoisotopic (exact) mass is 497 g/mol. The molecule has 1 amide bonds. The number of hydrogen-bond acceptors (Lipinski definition) is 7. The molecule has 0 radical (unpaired) electrons. The Morgan fingerprint density at radius 3 is 2.50 bits per heavy atom. The molecule has 9 nitrogen and oxygen atoms in total. The van der Waals surface area contributed by atoms with Crippen molar-refractivity contribution in [3.63, 3.8) is 0 Å². The third kappa shape index (κ3) is 4.24. The van der Waals surface area contributed by atoms with Gasteiger partial charge in [-0.05, 0) is 49.4 Å². The number of hydrogen-bond donors (Lipinski definition) is 0. The zero-order valence-electron chi connectivity index (χ0n) is 18.4. The number of aromatic nitrogens is 5. The number of benzene rings is 2. The normalized spacial score (nSPS) is 14.0. The van der Waals surface area contributed by atoms with Gasteiger partial charge in [0.2, 0.25) is 0 Å². The van der Waals surface area contributed by atoms with E-state index in [2.05, 4.69) is 25.2 Å². The van der Waals surface area contributed by atoms with Gasteiger partial charge in [-0.15, -0.1) is 5.10 Å². The number of piperazine rings is 1. The van der Waals surface area contributed by atoms with Crippen LogP contribution in [0.5, 0.6) is 5.75 Å². The van der Waals surface area contributed by atoms with Crippen LogP contribution < -0.4 is 9.64 Å². The van der Waals surface area contributed by atoms with Crippen molar-refractivity contribution in [2.24, 2.45) is 0 Å². The lowest BCUT2D eigenvalue weighted by Gasteiger charge is -2.35. The molecule has 2 aromatic heterocycles. The quantitative estimate of drug-likeness (QED) is 0.413. The zero-order chi connectivity index (χ0) is 23.7. The molecule has 3 heterocycles. The maximum absolute atomic E-state index is 12.9. The molecule has 1 aliphatic rings. The van der Waals surface area contributed by atoms with E-state index in [1.165, 1.54) is 6.33 Å². The first kappa shape index (κ1) is 22.4. The van der Waals surface area contributed by atoms with Gasteiger partial charge in [0, 0.05) is 31.2 Å². The average molecular weight is 498 g/mol. The minimum absolute atomic E-state index is 0.115. The summed E-state index contributed by atoms with van der Waals surface area (Å²) in [5.41, 5.74) is 2.49. The van der Waals surface area contributed by atoms with Crippen LogP contribution >= 0.6 is 23.2 Å². The Morgan fingerprint density at radius 1 is 1.03 bits per heavy atom. The lowest BCUT2D eigenvalue weighted by Crippen LogP contribution is -2.49. The maximum atomic E-state index is 12.9. The van der Waals surface area contributed by atoms with Crippen molar-refractivity contribution in [1.82, 2.24) is 29.9 Å². The lowest BCUT2D eigenvalue weighted by atomic mass is 10.1. The molecule has 11 heteroatoms. The minimum Gasteiger partial charge on any atom is -0.494 e. The summed E-state index contributed by atoms with van der Waals surface area (Å²) in [6.07, 6.45) is 1.51. The number of carbonyl (C=O) groups excluding carboxylic acids is 1. The molecule has 0 aliphatic carbocycles. The first-order valence-corrected chi connectivity index (χ1v) is 11.6. The lowest BCUT2D eigenvalue weighted by molar-refractivity contribution is 0.0747. The Bertz CT molecular complexity index is 1340. The molecule has 2 aromatic carbocycles. The van der Waals surface area contributed by atoms with Crippen LogP contribution in [0.25, 0.3) is 16.9 Å². The minimum atomic E-state index is -0.115. The number of nitrogens with zero attached hydrogens (tertiary/aromatic N) is 7. The molecular formula is C23H21Cl2N7O2. The second kappa shape index (κ2) is 9.44. The number of halogens is 2. The third-order valence-corrected chi connectivity index (χ3v) is 6.19. The topological polar surface area (TPSA) is 89.3 Å². The Hall–Kier alpha value is -3.43.